The lowest BCUT2D eigenvalue weighted by Crippen LogP contribution is -2.24. The fourth-order valence-corrected chi connectivity index (χ4v) is 2.99. The molecule has 144 valence electrons. The van der Waals surface area contributed by atoms with Crippen molar-refractivity contribution in [3.63, 3.8) is 0 Å². The third kappa shape index (κ3) is 4.61. The Balaban J connectivity index is 1.53. The van der Waals surface area contributed by atoms with Gasteiger partial charge in [0.1, 0.15) is 5.75 Å². The van der Waals surface area contributed by atoms with Crippen LogP contribution in [0.5, 0.6) is 5.75 Å². The number of hydrogen-bond donors (Lipinski definition) is 1. The summed E-state index contributed by atoms with van der Waals surface area (Å²) < 4.78 is 10.6. The van der Waals surface area contributed by atoms with Gasteiger partial charge in [-0.2, -0.15) is 0 Å². The van der Waals surface area contributed by atoms with Crippen LogP contribution in [0.15, 0.2) is 54.6 Å². The van der Waals surface area contributed by atoms with Crippen LogP contribution >= 0.6 is 11.6 Å². The molecule has 0 aliphatic heterocycles. The van der Waals surface area contributed by atoms with Crippen LogP contribution in [0.3, 0.4) is 0 Å². The molecule has 0 unspecified atom stereocenters. The number of carbonyl (C=O) groups is 2. The Labute approximate surface area is 168 Å². The van der Waals surface area contributed by atoms with Crippen LogP contribution in [0.4, 0.5) is 5.69 Å². The third-order valence-corrected chi connectivity index (χ3v) is 4.75. The van der Waals surface area contributed by atoms with Gasteiger partial charge >= 0.3 is 5.97 Å². The van der Waals surface area contributed by atoms with Crippen molar-refractivity contribution in [2.75, 3.05) is 18.5 Å². The smallest absolute Gasteiger partial charge is 0.344 e. The molecule has 0 radical (unpaired) electrons. The predicted octanol–water partition coefficient (Wildman–Crippen LogP) is 4.67. The maximum atomic E-state index is 12.0. The Morgan fingerprint density at radius 3 is 2.46 bits per heavy atom. The molecule has 0 aliphatic carbocycles. The summed E-state index contributed by atoms with van der Waals surface area (Å²) in [7, 11) is 0. The number of carbonyl (C=O) groups excluding carboxylic acids is 2. The number of esters is 1. The molecule has 0 spiro atoms. The number of benzene rings is 3. The second-order valence-corrected chi connectivity index (χ2v) is 6.74. The Morgan fingerprint density at radius 2 is 1.68 bits per heavy atom. The van der Waals surface area contributed by atoms with Crippen LogP contribution in [0.2, 0.25) is 5.02 Å². The van der Waals surface area contributed by atoms with Gasteiger partial charge in [-0.15, -0.1) is 0 Å². The lowest BCUT2D eigenvalue weighted by molar-refractivity contribution is -0.149. The van der Waals surface area contributed by atoms with E-state index in [1.54, 1.807) is 18.2 Å². The van der Waals surface area contributed by atoms with E-state index >= 15 is 0 Å². The Bertz CT molecular complexity index is 1030. The number of anilines is 1. The molecule has 3 aromatic rings. The summed E-state index contributed by atoms with van der Waals surface area (Å²) in [6.45, 7) is 3.20. The molecule has 3 rings (SSSR count). The Morgan fingerprint density at radius 1 is 0.929 bits per heavy atom. The van der Waals surface area contributed by atoms with E-state index in [0.29, 0.717) is 16.5 Å². The third-order valence-electron chi connectivity index (χ3n) is 4.42. The van der Waals surface area contributed by atoms with Gasteiger partial charge in [0, 0.05) is 21.5 Å². The average Bonchev–Trinajstić information content (AvgIpc) is 2.69. The topological polar surface area (TPSA) is 64.6 Å². The van der Waals surface area contributed by atoms with Gasteiger partial charge in [0.2, 0.25) is 0 Å². The summed E-state index contributed by atoms with van der Waals surface area (Å²) in [4.78, 5) is 24.0. The molecule has 5 nitrogen and oxygen atoms in total. The molecule has 0 aliphatic rings. The van der Waals surface area contributed by atoms with E-state index in [0.717, 1.165) is 21.9 Å². The van der Waals surface area contributed by atoms with Crippen LogP contribution in [0, 0.1) is 13.8 Å². The number of hydrogen-bond acceptors (Lipinski definition) is 4. The normalized spacial score (nSPS) is 10.5. The summed E-state index contributed by atoms with van der Waals surface area (Å²) in [6.07, 6.45) is 0. The SMILES string of the molecule is Cc1cccc(NC(=O)COC(=O)COc2ccc(Cl)c3ccccc23)c1C. The molecular weight excluding hydrogens is 378 g/mol. The van der Waals surface area contributed by atoms with Gasteiger partial charge in [0.25, 0.3) is 5.91 Å². The van der Waals surface area contributed by atoms with Crippen molar-refractivity contribution in [2.45, 2.75) is 13.8 Å². The highest BCUT2D eigenvalue weighted by molar-refractivity contribution is 6.35. The monoisotopic (exact) mass is 397 g/mol. The first kappa shape index (κ1) is 19.7. The molecule has 28 heavy (non-hydrogen) atoms. The molecule has 0 aromatic heterocycles. The maximum Gasteiger partial charge on any atom is 0.344 e. The highest BCUT2D eigenvalue weighted by Crippen LogP contribution is 2.31. The minimum Gasteiger partial charge on any atom is -0.481 e. The fourth-order valence-electron chi connectivity index (χ4n) is 2.76. The van der Waals surface area contributed by atoms with Gasteiger partial charge in [0.05, 0.1) is 0 Å². The largest absolute Gasteiger partial charge is 0.481 e. The van der Waals surface area contributed by atoms with Crippen molar-refractivity contribution in [2.24, 2.45) is 0 Å². The summed E-state index contributed by atoms with van der Waals surface area (Å²) in [5.74, 6) is -0.508. The molecule has 3 aromatic carbocycles. The van der Waals surface area contributed by atoms with Crippen LogP contribution < -0.4 is 10.1 Å². The predicted molar refractivity (Wildman–Crippen MR) is 110 cm³/mol. The zero-order valence-electron chi connectivity index (χ0n) is 15.6. The quantitative estimate of drug-likeness (QED) is 0.614. The summed E-state index contributed by atoms with van der Waals surface area (Å²) >= 11 is 6.17. The van der Waals surface area contributed by atoms with Crippen LogP contribution in [0.25, 0.3) is 10.8 Å². The van der Waals surface area contributed by atoms with E-state index in [1.165, 1.54) is 0 Å². The lowest BCUT2D eigenvalue weighted by atomic mass is 10.1. The molecule has 6 heteroatoms. The van der Waals surface area contributed by atoms with Crippen molar-refractivity contribution < 1.29 is 19.1 Å². The van der Waals surface area contributed by atoms with Gasteiger partial charge in [-0.05, 0) is 43.2 Å². The van der Waals surface area contributed by atoms with E-state index in [-0.39, 0.29) is 13.2 Å². The van der Waals surface area contributed by atoms with Crippen LogP contribution in [-0.4, -0.2) is 25.1 Å². The molecule has 0 heterocycles. The number of ether oxygens (including phenoxy) is 2. The summed E-state index contributed by atoms with van der Waals surface area (Å²) in [5.41, 5.74) is 2.74. The zero-order valence-corrected chi connectivity index (χ0v) is 16.4. The van der Waals surface area contributed by atoms with Crippen molar-refractivity contribution in [1.29, 1.82) is 0 Å². The molecule has 0 bridgehead atoms. The second kappa shape index (κ2) is 8.76. The van der Waals surface area contributed by atoms with E-state index in [9.17, 15) is 9.59 Å². The highest BCUT2D eigenvalue weighted by atomic mass is 35.5. The number of nitrogens with one attached hydrogen (secondary N) is 1. The van der Waals surface area contributed by atoms with Crippen molar-refractivity contribution in [3.05, 3.63) is 70.7 Å². The Hall–Kier alpha value is -3.05. The Kier molecular flexibility index (Phi) is 6.16. The van der Waals surface area contributed by atoms with Gasteiger partial charge in [-0.3, -0.25) is 4.79 Å². The molecule has 0 saturated heterocycles. The zero-order chi connectivity index (χ0) is 20.1. The molecule has 0 fully saturated rings. The molecule has 0 saturated carbocycles. The number of halogens is 1. The fraction of sp³-hybridized carbons (Fsp3) is 0.182. The lowest BCUT2D eigenvalue weighted by Gasteiger charge is -2.12. The highest BCUT2D eigenvalue weighted by Gasteiger charge is 2.12. The van der Waals surface area contributed by atoms with E-state index in [1.807, 2.05) is 50.2 Å². The standard InChI is InChI=1S/C22H20ClNO4/c1-14-6-5-9-19(15(14)2)24-21(25)12-28-22(26)13-27-20-11-10-18(23)16-7-3-4-8-17(16)20/h3-11H,12-13H2,1-2H3,(H,24,25). The minimum absolute atomic E-state index is 0.303. The van der Waals surface area contributed by atoms with Crippen LogP contribution in [0.1, 0.15) is 11.1 Å². The number of fused-ring (bicyclic) bond motifs is 1. The second-order valence-electron chi connectivity index (χ2n) is 6.34. The van der Waals surface area contributed by atoms with E-state index < -0.39 is 11.9 Å². The van der Waals surface area contributed by atoms with Crippen LogP contribution in [-0.2, 0) is 14.3 Å². The number of amides is 1. The van der Waals surface area contributed by atoms with E-state index in [2.05, 4.69) is 5.32 Å². The van der Waals surface area contributed by atoms with Gasteiger partial charge < -0.3 is 14.8 Å². The van der Waals surface area contributed by atoms with Crippen molar-refractivity contribution >= 4 is 39.9 Å². The minimum atomic E-state index is -0.629. The van der Waals surface area contributed by atoms with Gasteiger partial charge in [-0.1, -0.05) is 48.0 Å². The summed E-state index contributed by atoms with van der Waals surface area (Å²) in [6, 6.07) is 16.5. The van der Waals surface area contributed by atoms with Gasteiger partial charge in [-0.25, -0.2) is 4.79 Å². The molecular formula is C22H20ClNO4. The first-order chi connectivity index (χ1) is 13.5. The van der Waals surface area contributed by atoms with Gasteiger partial charge in [0.15, 0.2) is 13.2 Å². The van der Waals surface area contributed by atoms with E-state index in [4.69, 9.17) is 21.1 Å². The first-order valence-electron chi connectivity index (χ1n) is 8.77. The average molecular weight is 398 g/mol. The molecule has 1 N–H and O–H groups in total. The first-order valence-corrected chi connectivity index (χ1v) is 9.15. The summed E-state index contributed by atoms with van der Waals surface area (Å²) in [5, 5.41) is 4.98. The van der Waals surface area contributed by atoms with Crippen molar-refractivity contribution in [1.82, 2.24) is 0 Å². The number of aryl methyl sites for hydroxylation is 1. The number of rotatable bonds is 6. The molecule has 0 atom stereocenters. The molecule has 1 amide bonds. The van der Waals surface area contributed by atoms with Crippen molar-refractivity contribution in [3.8, 4) is 5.75 Å². The maximum absolute atomic E-state index is 12.0.